The quantitative estimate of drug-likeness (QED) is 0.938. The Labute approximate surface area is 118 Å². The zero-order chi connectivity index (χ0) is 14.8. The predicted octanol–water partition coefficient (Wildman–Crippen LogP) is 3.61. The number of halogens is 3. The highest BCUT2D eigenvalue weighted by atomic mass is 32.1. The van der Waals surface area contributed by atoms with Crippen molar-refractivity contribution in [3.8, 4) is 5.75 Å². The van der Waals surface area contributed by atoms with Crippen molar-refractivity contribution in [2.75, 3.05) is 6.61 Å². The van der Waals surface area contributed by atoms with Crippen LogP contribution < -0.4 is 10.5 Å². The lowest BCUT2D eigenvalue weighted by molar-refractivity contribution is -0.137. The van der Waals surface area contributed by atoms with Crippen LogP contribution in [0, 0.1) is 0 Å². The normalized spacial score (nSPS) is 13.2. The van der Waals surface area contributed by atoms with Crippen LogP contribution in [0.4, 0.5) is 13.2 Å². The molecule has 0 amide bonds. The van der Waals surface area contributed by atoms with Gasteiger partial charge in [0.1, 0.15) is 5.75 Å². The lowest BCUT2D eigenvalue weighted by Gasteiger charge is -2.10. The smallest absolute Gasteiger partial charge is 0.443 e. The van der Waals surface area contributed by atoms with E-state index >= 15 is 0 Å². The first-order valence-corrected chi connectivity index (χ1v) is 6.74. The Balaban J connectivity index is 2.18. The minimum absolute atomic E-state index is 0.376. The molecule has 0 bridgehead atoms. The maximum atomic E-state index is 12.5. The van der Waals surface area contributed by atoms with E-state index in [2.05, 4.69) is 4.98 Å². The van der Waals surface area contributed by atoms with Crippen LogP contribution in [0.15, 0.2) is 30.5 Å². The van der Waals surface area contributed by atoms with Crippen molar-refractivity contribution in [1.29, 1.82) is 0 Å². The van der Waals surface area contributed by atoms with Crippen molar-refractivity contribution < 1.29 is 17.9 Å². The van der Waals surface area contributed by atoms with E-state index in [0.29, 0.717) is 34.1 Å². The third kappa shape index (κ3) is 3.29. The van der Waals surface area contributed by atoms with Gasteiger partial charge in [0, 0.05) is 11.1 Å². The molecule has 1 aromatic carbocycles. The summed E-state index contributed by atoms with van der Waals surface area (Å²) in [7, 11) is 0. The van der Waals surface area contributed by atoms with Gasteiger partial charge in [-0.05, 0) is 24.6 Å². The molecule has 0 aliphatic carbocycles. The van der Waals surface area contributed by atoms with E-state index in [-0.39, 0.29) is 0 Å². The van der Waals surface area contributed by atoms with E-state index < -0.39 is 17.2 Å². The number of nitrogens with two attached hydrogens (primary N) is 1. The highest BCUT2D eigenvalue weighted by Crippen LogP contribution is 2.35. The molecule has 0 saturated carbocycles. The van der Waals surface area contributed by atoms with Gasteiger partial charge >= 0.3 is 6.18 Å². The van der Waals surface area contributed by atoms with E-state index in [1.54, 1.807) is 24.3 Å². The summed E-state index contributed by atoms with van der Waals surface area (Å²) >= 11 is 0.565. The number of ether oxygens (including phenoxy) is 1. The van der Waals surface area contributed by atoms with Crippen LogP contribution in [0.25, 0.3) is 0 Å². The van der Waals surface area contributed by atoms with Gasteiger partial charge in [0.05, 0.1) is 12.6 Å². The number of benzene rings is 1. The van der Waals surface area contributed by atoms with Crippen molar-refractivity contribution in [2.24, 2.45) is 5.73 Å². The second kappa shape index (κ2) is 5.80. The van der Waals surface area contributed by atoms with Crippen molar-refractivity contribution in [1.82, 2.24) is 4.98 Å². The number of hydrogen-bond donors (Lipinski definition) is 1. The third-order valence-corrected chi connectivity index (χ3v) is 3.75. The van der Waals surface area contributed by atoms with Gasteiger partial charge in [0.25, 0.3) is 0 Å². The van der Waals surface area contributed by atoms with Crippen LogP contribution in [0.3, 0.4) is 0 Å². The molecule has 1 unspecified atom stereocenters. The van der Waals surface area contributed by atoms with Crippen LogP contribution in [0.2, 0.25) is 0 Å². The highest BCUT2D eigenvalue weighted by molar-refractivity contribution is 7.11. The van der Waals surface area contributed by atoms with Gasteiger partial charge < -0.3 is 10.5 Å². The standard InChI is InChI=1S/C13H13F3N2OS/c1-2-19-9-5-3-8(4-6-9)11(17)10-7-18-12(20-10)13(14,15)16/h3-7,11H,2,17H2,1H3. The van der Waals surface area contributed by atoms with E-state index in [0.717, 1.165) is 0 Å². The summed E-state index contributed by atoms with van der Waals surface area (Å²) in [6, 6.07) is 6.33. The molecule has 7 heteroatoms. The Kier molecular flexibility index (Phi) is 4.29. The number of rotatable bonds is 4. The van der Waals surface area contributed by atoms with Gasteiger partial charge in [-0.25, -0.2) is 4.98 Å². The zero-order valence-electron chi connectivity index (χ0n) is 10.6. The number of alkyl halides is 3. The summed E-state index contributed by atoms with van der Waals surface area (Å²) in [5, 5.41) is -0.881. The lowest BCUT2D eigenvalue weighted by atomic mass is 10.1. The molecule has 0 saturated heterocycles. The third-order valence-electron chi connectivity index (χ3n) is 2.62. The predicted molar refractivity (Wildman–Crippen MR) is 70.8 cm³/mol. The van der Waals surface area contributed by atoms with Gasteiger partial charge in [0.2, 0.25) is 0 Å². The molecule has 2 aromatic rings. The molecule has 2 rings (SSSR count). The molecular formula is C13H13F3N2OS. The van der Waals surface area contributed by atoms with Crippen LogP contribution in [0.1, 0.15) is 28.4 Å². The van der Waals surface area contributed by atoms with E-state index in [1.807, 2.05) is 6.92 Å². The van der Waals surface area contributed by atoms with Gasteiger partial charge in [-0.2, -0.15) is 13.2 Å². The summed E-state index contributed by atoms with van der Waals surface area (Å²) in [4.78, 5) is 3.75. The van der Waals surface area contributed by atoms with Crippen LogP contribution in [0.5, 0.6) is 5.75 Å². The average Bonchev–Trinajstić information content (AvgIpc) is 2.89. The van der Waals surface area contributed by atoms with E-state index in [9.17, 15) is 13.2 Å². The van der Waals surface area contributed by atoms with Crippen LogP contribution in [-0.4, -0.2) is 11.6 Å². The molecule has 20 heavy (non-hydrogen) atoms. The molecule has 2 N–H and O–H groups in total. The molecule has 1 heterocycles. The average molecular weight is 302 g/mol. The fourth-order valence-electron chi connectivity index (χ4n) is 1.66. The monoisotopic (exact) mass is 302 g/mol. The summed E-state index contributed by atoms with van der Waals surface area (Å²) in [6.45, 7) is 2.42. The Hall–Kier alpha value is -1.60. The van der Waals surface area contributed by atoms with E-state index in [4.69, 9.17) is 10.5 Å². The van der Waals surface area contributed by atoms with Crippen molar-refractivity contribution in [3.63, 3.8) is 0 Å². The first-order chi connectivity index (χ1) is 9.41. The topological polar surface area (TPSA) is 48.1 Å². The fraction of sp³-hybridized carbons (Fsp3) is 0.308. The molecule has 3 nitrogen and oxygen atoms in total. The molecule has 1 aromatic heterocycles. The number of thiazole rings is 1. The van der Waals surface area contributed by atoms with Gasteiger partial charge in [-0.1, -0.05) is 12.1 Å². The first kappa shape index (κ1) is 14.8. The minimum Gasteiger partial charge on any atom is -0.494 e. The summed E-state index contributed by atoms with van der Waals surface area (Å²) in [6.07, 6.45) is -3.25. The molecule has 0 fully saturated rings. The number of nitrogens with zero attached hydrogens (tertiary/aromatic N) is 1. The molecule has 0 radical (unpaired) electrons. The Morgan fingerprint density at radius 2 is 1.95 bits per heavy atom. The van der Waals surface area contributed by atoms with E-state index in [1.165, 1.54) is 6.20 Å². The van der Waals surface area contributed by atoms with Crippen molar-refractivity contribution in [2.45, 2.75) is 19.1 Å². The summed E-state index contributed by atoms with van der Waals surface area (Å²) in [5.74, 6) is 0.698. The van der Waals surface area contributed by atoms with Crippen LogP contribution >= 0.6 is 11.3 Å². The van der Waals surface area contributed by atoms with Crippen molar-refractivity contribution >= 4 is 11.3 Å². The second-order valence-corrected chi connectivity index (χ2v) is 5.11. The second-order valence-electron chi connectivity index (χ2n) is 4.05. The summed E-state index contributed by atoms with van der Waals surface area (Å²) < 4.78 is 42.8. The molecule has 0 aliphatic heterocycles. The number of hydrogen-bond acceptors (Lipinski definition) is 4. The summed E-state index contributed by atoms with van der Waals surface area (Å²) in [5.41, 5.74) is 6.67. The molecule has 0 aliphatic rings. The Bertz CT molecular complexity index is 566. The molecule has 108 valence electrons. The minimum atomic E-state index is -4.43. The highest BCUT2D eigenvalue weighted by Gasteiger charge is 2.35. The van der Waals surface area contributed by atoms with Gasteiger partial charge in [-0.15, -0.1) is 11.3 Å². The molecular weight excluding hydrogens is 289 g/mol. The fourth-order valence-corrected chi connectivity index (χ4v) is 2.48. The Morgan fingerprint density at radius 1 is 1.30 bits per heavy atom. The van der Waals surface area contributed by atoms with Crippen LogP contribution in [-0.2, 0) is 6.18 Å². The number of aromatic nitrogens is 1. The van der Waals surface area contributed by atoms with Crippen molar-refractivity contribution in [3.05, 3.63) is 45.9 Å². The largest absolute Gasteiger partial charge is 0.494 e. The SMILES string of the molecule is CCOc1ccc(C(N)c2cnc(C(F)(F)F)s2)cc1. The maximum Gasteiger partial charge on any atom is 0.443 e. The molecule has 1 atom stereocenters. The van der Waals surface area contributed by atoms with Gasteiger partial charge in [0.15, 0.2) is 5.01 Å². The lowest BCUT2D eigenvalue weighted by Crippen LogP contribution is -2.10. The zero-order valence-corrected chi connectivity index (χ0v) is 11.5. The van der Waals surface area contributed by atoms with Gasteiger partial charge in [-0.3, -0.25) is 0 Å². The maximum absolute atomic E-state index is 12.5. The Morgan fingerprint density at radius 3 is 2.45 bits per heavy atom. The first-order valence-electron chi connectivity index (χ1n) is 5.93. The molecule has 0 spiro atoms.